The van der Waals surface area contributed by atoms with Crippen molar-refractivity contribution in [1.82, 2.24) is 15.1 Å². The normalized spacial score (nSPS) is 12.5. The van der Waals surface area contributed by atoms with Crippen LogP contribution in [0, 0.1) is 0 Å². The third-order valence-electron chi connectivity index (χ3n) is 3.10. The highest BCUT2D eigenvalue weighted by molar-refractivity contribution is 7.11. The number of nitrogens with zero attached hydrogens (tertiary/aromatic N) is 2. The summed E-state index contributed by atoms with van der Waals surface area (Å²) in [5.41, 5.74) is 0.655. The summed E-state index contributed by atoms with van der Waals surface area (Å²) in [5, 5.41) is 16.4. The van der Waals surface area contributed by atoms with E-state index in [2.05, 4.69) is 29.5 Å². The molecule has 1 atom stereocenters. The number of rotatable bonds is 7. The summed E-state index contributed by atoms with van der Waals surface area (Å²) >= 11 is 1.73. The van der Waals surface area contributed by atoms with Crippen LogP contribution in [-0.2, 0) is 24.8 Å². The molecule has 0 saturated carbocycles. The Bertz CT molecular complexity index is 576. The van der Waals surface area contributed by atoms with Crippen LogP contribution in [0.25, 0.3) is 0 Å². The lowest BCUT2D eigenvalue weighted by molar-refractivity contribution is -0.139. The SMILES string of the molecule is CCCc1ccc(CNC(C(=O)O)c2ccnn2C)s1. The van der Waals surface area contributed by atoms with Gasteiger partial charge in [0.25, 0.3) is 0 Å². The molecular formula is C14H19N3O2S. The van der Waals surface area contributed by atoms with Crippen molar-refractivity contribution in [3.63, 3.8) is 0 Å². The van der Waals surface area contributed by atoms with E-state index < -0.39 is 12.0 Å². The van der Waals surface area contributed by atoms with Gasteiger partial charge in [-0.3, -0.25) is 14.8 Å². The molecular weight excluding hydrogens is 274 g/mol. The molecule has 2 aromatic rings. The zero-order valence-corrected chi connectivity index (χ0v) is 12.5. The van der Waals surface area contributed by atoms with E-state index in [0.717, 1.165) is 17.7 Å². The average molecular weight is 293 g/mol. The fourth-order valence-electron chi connectivity index (χ4n) is 2.09. The van der Waals surface area contributed by atoms with Gasteiger partial charge in [-0.25, -0.2) is 0 Å². The first-order valence-electron chi connectivity index (χ1n) is 6.63. The minimum absolute atomic E-state index is 0.552. The second kappa shape index (κ2) is 6.67. The molecule has 0 spiro atoms. The molecule has 108 valence electrons. The first kappa shape index (κ1) is 14.7. The molecule has 0 amide bonds. The van der Waals surface area contributed by atoms with Gasteiger partial charge in [0.1, 0.15) is 6.04 Å². The summed E-state index contributed by atoms with van der Waals surface area (Å²) in [5.74, 6) is -0.890. The Hall–Kier alpha value is -1.66. The van der Waals surface area contributed by atoms with E-state index in [1.807, 2.05) is 0 Å². The fourth-order valence-corrected chi connectivity index (χ4v) is 3.16. The van der Waals surface area contributed by atoms with Gasteiger partial charge < -0.3 is 5.11 Å². The number of aromatic nitrogens is 2. The topological polar surface area (TPSA) is 67.2 Å². The molecule has 0 aliphatic carbocycles. The van der Waals surface area contributed by atoms with Crippen molar-refractivity contribution in [3.8, 4) is 0 Å². The predicted octanol–water partition coefficient (Wildman–Crippen LogP) is 2.35. The summed E-state index contributed by atoms with van der Waals surface area (Å²) in [6.07, 6.45) is 3.81. The highest BCUT2D eigenvalue weighted by Crippen LogP contribution is 2.19. The molecule has 0 saturated heterocycles. The van der Waals surface area contributed by atoms with Crippen LogP contribution in [0.3, 0.4) is 0 Å². The minimum Gasteiger partial charge on any atom is -0.480 e. The van der Waals surface area contributed by atoms with Gasteiger partial charge in [-0.05, 0) is 24.6 Å². The lowest BCUT2D eigenvalue weighted by Crippen LogP contribution is -2.29. The lowest BCUT2D eigenvalue weighted by atomic mass is 10.2. The summed E-state index contributed by atoms with van der Waals surface area (Å²) in [4.78, 5) is 13.9. The molecule has 2 rings (SSSR count). The number of carboxylic acids is 1. The maximum Gasteiger partial charge on any atom is 0.326 e. The van der Waals surface area contributed by atoms with Gasteiger partial charge >= 0.3 is 5.97 Å². The van der Waals surface area contributed by atoms with E-state index in [0.29, 0.717) is 12.2 Å². The monoisotopic (exact) mass is 293 g/mol. The van der Waals surface area contributed by atoms with Crippen molar-refractivity contribution >= 4 is 17.3 Å². The van der Waals surface area contributed by atoms with Gasteiger partial charge in [0.2, 0.25) is 0 Å². The summed E-state index contributed by atoms with van der Waals surface area (Å²) < 4.78 is 1.59. The van der Waals surface area contributed by atoms with E-state index in [1.54, 1.807) is 35.3 Å². The third-order valence-corrected chi connectivity index (χ3v) is 4.24. The van der Waals surface area contributed by atoms with Crippen LogP contribution in [-0.4, -0.2) is 20.9 Å². The van der Waals surface area contributed by atoms with Crippen LogP contribution < -0.4 is 5.32 Å². The van der Waals surface area contributed by atoms with E-state index in [9.17, 15) is 9.90 Å². The van der Waals surface area contributed by atoms with Gasteiger partial charge in [-0.2, -0.15) is 5.10 Å². The molecule has 20 heavy (non-hydrogen) atoms. The number of nitrogens with one attached hydrogen (secondary N) is 1. The molecule has 0 radical (unpaired) electrons. The van der Waals surface area contributed by atoms with Gasteiger partial charge in [-0.1, -0.05) is 13.3 Å². The number of hydrogen-bond donors (Lipinski definition) is 2. The van der Waals surface area contributed by atoms with Gasteiger partial charge in [-0.15, -0.1) is 11.3 Å². The largest absolute Gasteiger partial charge is 0.480 e. The van der Waals surface area contributed by atoms with Gasteiger partial charge in [0.05, 0.1) is 5.69 Å². The zero-order chi connectivity index (χ0) is 14.5. The van der Waals surface area contributed by atoms with Gasteiger partial charge in [0.15, 0.2) is 0 Å². The maximum atomic E-state index is 11.4. The lowest BCUT2D eigenvalue weighted by Gasteiger charge is -2.14. The first-order chi connectivity index (χ1) is 9.61. The number of aliphatic carboxylic acids is 1. The second-order valence-corrected chi connectivity index (χ2v) is 5.90. The minimum atomic E-state index is -0.890. The molecule has 0 fully saturated rings. The molecule has 1 unspecified atom stereocenters. The van der Waals surface area contributed by atoms with Crippen LogP contribution >= 0.6 is 11.3 Å². The van der Waals surface area contributed by atoms with Crippen LogP contribution in [0.15, 0.2) is 24.4 Å². The summed E-state index contributed by atoms with van der Waals surface area (Å²) in [6.45, 7) is 2.71. The summed E-state index contributed by atoms with van der Waals surface area (Å²) in [7, 11) is 1.75. The number of carbonyl (C=O) groups is 1. The molecule has 0 aromatic carbocycles. The molecule has 5 nitrogen and oxygen atoms in total. The Morgan fingerprint density at radius 2 is 2.20 bits per heavy atom. The quantitative estimate of drug-likeness (QED) is 0.822. The van der Waals surface area contributed by atoms with Crippen molar-refractivity contribution in [2.45, 2.75) is 32.4 Å². The van der Waals surface area contributed by atoms with E-state index >= 15 is 0 Å². The smallest absolute Gasteiger partial charge is 0.326 e. The van der Waals surface area contributed by atoms with Crippen LogP contribution in [0.4, 0.5) is 0 Å². The number of thiophene rings is 1. The zero-order valence-electron chi connectivity index (χ0n) is 11.7. The Balaban J connectivity index is 2.02. The number of carboxylic acid groups (broad SMARTS) is 1. The van der Waals surface area contributed by atoms with Crippen molar-refractivity contribution in [2.24, 2.45) is 7.05 Å². The highest BCUT2D eigenvalue weighted by atomic mass is 32.1. The Kier molecular flexibility index (Phi) is 4.92. The van der Waals surface area contributed by atoms with E-state index in [4.69, 9.17) is 0 Å². The fraction of sp³-hybridized carbons (Fsp3) is 0.429. The average Bonchev–Trinajstić information content (AvgIpc) is 3.00. The van der Waals surface area contributed by atoms with Crippen molar-refractivity contribution in [2.75, 3.05) is 0 Å². The predicted molar refractivity (Wildman–Crippen MR) is 78.7 cm³/mol. The van der Waals surface area contributed by atoms with Crippen molar-refractivity contribution < 1.29 is 9.90 Å². The van der Waals surface area contributed by atoms with Crippen molar-refractivity contribution in [1.29, 1.82) is 0 Å². The van der Waals surface area contributed by atoms with Crippen LogP contribution in [0.1, 0.15) is 34.8 Å². The Labute approximate surface area is 122 Å². The number of hydrogen-bond acceptors (Lipinski definition) is 4. The van der Waals surface area contributed by atoms with Crippen LogP contribution in [0.2, 0.25) is 0 Å². The second-order valence-electron chi connectivity index (χ2n) is 4.65. The summed E-state index contributed by atoms with van der Waals surface area (Å²) in [6, 6.07) is 5.16. The van der Waals surface area contributed by atoms with E-state index in [-0.39, 0.29) is 0 Å². The Morgan fingerprint density at radius 1 is 1.45 bits per heavy atom. The molecule has 6 heteroatoms. The third kappa shape index (κ3) is 3.46. The maximum absolute atomic E-state index is 11.4. The van der Waals surface area contributed by atoms with Crippen LogP contribution in [0.5, 0.6) is 0 Å². The first-order valence-corrected chi connectivity index (χ1v) is 7.45. The van der Waals surface area contributed by atoms with E-state index in [1.165, 1.54) is 4.88 Å². The molecule has 0 aliphatic heterocycles. The molecule has 2 N–H and O–H groups in total. The van der Waals surface area contributed by atoms with Crippen molar-refractivity contribution in [3.05, 3.63) is 39.8 Å². The molecule has 2 aromatic heterocycles. The standard InChI is InChI=1S/C14H19N3O2S/c1-3-4-10-5-6-11(20-10)9-15-13(14(18)19)12-7-8-16-17(12)2/h5-8,13,15H,3-4,9H2,1-2H3,(H,18,19). The van der Waals surface area contributed by atoms with Gasteiger partial charge in [0, 0.05) is 29.5 Å². The molecule has 0 aliphatic rings. The molecule has 2 heterocycles. The Morgan fingerprint density at radius 3 is 2.80 bits per heavy atom. The molecule has 0 bridgehead atoms. The highest BCUT2D eigenvalue weighted by Gasteiger charge is 2.22. The number of aryl methyl sites for hydroxylation is 2.